The summed E-state index contributed by atoms with van der Waals surface area (Å²) >= 11 is 0. The number of hydrogen-bond acceptors (Lipinski definition) is 6. The Kier molecular flexibility index (Phi) is 6.09. The smallest absolute Gasteiger partial charge is 0.234 e. The number of aromatic nitrogens is 3. The third-order valence-electron chi connectivity index (χ3n) is 2.95. The van der Waals surface area contributed by atoms with Crippen molar-refractivity contribution in [1.82, 2.24) is 15.0 Å². The van der Waals surface area contributed by atoms with Gasteiger partial charge in [-0.15, -0.1) is 0 Å². The Morgan fingerprint density at radius 2 is 2.09 bits per heavy atom. The maximum absolute atomic E-state index is 9.28. The minimum atomic E-state index is 0.0407. The first-order chi connectivity index (χ1) is 10.7. The average molecular weight is 302 g/mol. The molecule has 1 N–H and O–H groups in total. The summed E-state index contributed by atoms with van der Waals surface area (Å²) < 4.78 is 5.61. The number of pyridine rings is 1. The van der Waals surface area contributed by atoms with Gasteiger partial charge in [-0.05, 0) is 17.5 Å². The molecule has 0 radical (unpaired) electrons. The van der Waals surface area contributed by atoms with Gasteiger partial charge >= 0.3 is 0 Å². The van der Waals surface area contributed by atoms with Crippen LogP contribution in [0.5, 0.6) is 5.88 Å². The van der Waals surface area contributed by atoms with E-state index in [1.807, 2.05) is 17.0 Å². The van der Waals surface area contributed by atoms with Crippen LogP contribution in [0.3, 0.4) is 0 Å². The molecule has 6 heteroatoms. The SMILES string of the molecule is CC(C)COc1cncc(N(CCO)Cc2cccnc2)n1. The summed E-state index contributed by atoms with van der Waals surface area (Å²) in [6.07, 6.45) is 6.82. The predicted molar refractivity (Wildman–Crippen MR) is 84.7 cm³/mol. The van der Waals surface area contributed by atoms with Crippen molar-refractivity contribution in [2.75, 3.05) is 24.7 Å². The standard InChI is InChI=1S/C16H22N4O2/c1-13(2)12-22-16-10-18-9-15(19-16)20(6-7-21)11-14-4-3-5-17-8-14/h3-5,8-10,13,21H,6-7,11-12H2,1-2H3. The summed E-state index contributed by atoms with van der Waals surface area (Å²) in [5.41, 5.74) is 1.05. The molecule has 22 heavy (non-hydrogen) atoms. The first-order valence-corrected chi connectivity index (χ1v) is 7.38. The highest BCUT2D eigenvalue weighted by molar-refractivity contribution is 5.38. The van der Waals surface area contributed by atoms with Crippen molar-refractivity contribution in [1.29, 1.82) is 0 Å². The highest BCUT2D eigenvalue weighted by atomic mass is 16.5. The van der Waals surface area contributed by atoms with E-state index in [2.05, 4.69) is 28.8 Å². The van der Waals surface area contributed by atoms with Gasteiger partial charge in [0.2, 0.25) is 5.88 Å². The van der Waals surface area contributed by atoms with Gasteiger partial charge in [0, 0.05) is 25.5 Å². The van der Waals surface area contributed by atoms with Crippen molar-refractivity contribution >= 4 is 5.82 Å². The van der Waals surface area contributed by atoms with Gasteiger partial charge in [0.1, 0.15) is 0 Å². The van der Waals surface area contributed by atoms with Gasteiger partial charge in [0.25, 0.3) is 0 Å². The monoisotopic (exact) mass is 302 g/mol. The second kappa shape index (κ2) is 8.29. The summed E-state index contributed by atoms with van der Waals surface area (Å²) in [6, 6.07) is 3.88. The molecular weight excluding hydrogens is 280 g/mol. The van der Waals surface area contributed by atoms with Crippen molar-refractivity contribution in [3.05, 3.63) is 42.5 Å². The molecule has 0 spiro atoms. The first kappa shape index (κ1) is 16.2. The number of nitrogens with zero attached hydrogens (tertiary/aromatic N) is 4. The number of anilines is 1. The summed E-state index contributed by atoms with van der Waals surface area (Å²) in [5.74, 6) is 1.61. The Balaban J connectivity index is 2.12. The summed E-state index contributed by atoms with van der Waals surface area (Å²) in [6.45, 7) is 5.88. The van der Waals surface area contributed by atoms with E-state index in [9.17, 15) is 5.11 Å². The molecule has 0 bridgehead atoms. The number of ether oxygens (including phenoxy) is 1. The molecule has 0 saturated heterocycles. The highest BCUT2D eigenvalue weighted by Gasteiger charge is 2.10. The second-order valence-electron chi connectivity index (χ2n) is 5.43. The summed E-state index contributed by atoms with van der Waals surface area (Å²) in [5, 5.41) is 9.28. The molecule has 0 aliphatic heterocycles. The quantitative estimate of drug-likeness (QED) is 0.803. The zero-order chi connectivity index (χ0) is 15.8. The molecule has 2 heterocycles. The molecule has 2 aromatic heterocycles. The fourth-order valence-electron chi connectivity index (χ4n) is 1.92. The van der Waals surface area contributed by atoms with Crippen molar-refractivity contribution in [3.63, 3.8) is 0 Å². The summed E-state index contributed by atoms with van der Waals surface area (Å²) in [7, 11) is 0. The Bertz CT molecular complexity index is 563. The zero-order valence-corrected chi connectivity index (χ0v) is 13.0. The molecule has 0 aliphatic rings. The molecule has 0 fully saturated rings. The minimum absolute atomic E-state index is 0.0407. The van der Waals surface area contributed by atoms with Crippen molar-refractivity contribution in [2.45, 2.75) is 20.4 Å². The minimum Gasteiger partial charge on any atom is -0.476 e. The molecule has 0 atom stereocenters. The van der Waals surface area contributed by atoms with Gasteiger partial charge in [0.05, 0.1) is 25.6 Å². The van der Waals surface area contributed by atoms with Gasteiger partial charge in [-0.1, -0.05) is 19.9 Å². The normalized spacial score (nSPS) is 10.7. The van der Waals surface area contributed by atoms with Gasteiger partial charge in [-0.25, -0.2) is 0 Å². The van der Waals surface area contributed by atoms with Crippen molar-refractivity contribution in [2.24, 2.45) is 5.92 Å². The van der Waals surface area contributed by atoms with E-state index in [0.29, 0.717) is 37.3 Å². The summed E-state index contributed by atoms with van der Waals surface area (Å²) in [4.78, 5) is 14.7. The van der Waals surface area contributed by atoms with Crippen LogP contribution in [0.15, 0.2) is 36.9 Å². The first-order valence-electron chi connectivity index (χ1n) is 7.38. The van der Waals surface area contributed by atoms with Crippen LogP contribution >= 0.6 is 0 Å². The largest absolute Gasteiger partial charge is 0.476 e. The van der Waals surface area contributed by atoms with Crippen LogP contribution in [0.4, 0.5) is 5.82 Å². The van der Waals surface area contributed by atoms with Crippen LogP contribution in [0, 0.1) is 5.92 Å². The van der Waals surface area contributed by atoms with E-state index in [0.717, 1.165) is 5.56 Å². The lowest BCUT2D eigenvalue weighted by atomic mass is 10.2. The van der Waals surface area contributed by atoms with E-state index >= 15 is 0 Å². The molecule has 0 aliphatic carbocycles. The average Bonchev–Trinajstić information content (AvgIpc) is 2.54. The Labute approximate surface area is 130 Å². The number of hydrogen-bond donors (Lipinski definition) is 1. The molecule has 2 rings (SSSR count). The van der Waals surface area contributed by atoms with Crippen LogP contribution in [0.2, 0.25) is 0 Å². The van der Waals surface area contributed by atoms with Crippen LogP contribution < -0.4 is 9.64 Å². The van der Waals surface area contributed by atoms with E-state index in [1.54, 1.807) is 24.8 Å². The van der Waals surface area contributed by atoms with Crippen LogP contribution in [-0.2, 0) is 6.54 Å². The fraction of sp³-hybridized carbons (Fsp3) is 0.438. The third kappa shape index (κ3) is 4.96. The van der Waals surface area contributed by atoms with E-state index in [-0.39, 0.29) is 6.61 Å². The molecule has 6 nitrogen and oxygen atoms in total. The molecule has 0 amide bonds. The lowest BCUT2D eigenvalue weighted by molar-refractivity contribution is 0.260. The van der Waals surface area contributed by atoms with Gasteiger partial charge < -0.3 is 14.7 Å². The molecule has 118 valence electrons. The van der Waals surface area contributed by atoms with Crippen molar-refractivity contribution in [3.8, 4) is 5.88 Å². The maximum atomic E-state index is 9.28. The predicted octanol–water partition coefficient (Wildman–Crippen LogP) is 1.91. The van der Waals surface area contributed by atoms with Crippen LogP contribution in [0.1, 0.15) is 19.4 Å². The molecular formula is C16H22N4O2. The maximum Gasteiger partial charge on any atom is 0.234 e. The van der Waals surface area contributed by atoms with Gasteiger partial charge in [-0.3, -0.25) is 9.97 Å². The number of aliphatic hydroxyl groups excluding tert-OH is 1. The van der Waals surface area contributed by atoms with Gasteiger partial charge in [-0.2, -0.15) is 4.98 Å². The van der Waals surface area contributed by atoms with E-state index in [1.165, 1.54) is 0 Å². The molecule has 0 saturated carbocycles. The third-order valence-corrected chi connectivity index (χ3v) is 2.95. The molecule has 0 unspecified atom stereocenters. The number of aliphatic hydroxyl groups is 1. The van der Waals surface area contributed by atoms with Crippen LogP contribution in [-0.4, -0.2) is 39.8 Å². The fourth-order valence-corrected chi connectivity index (χ4v) is 1.92. The van der Waals surface area contributed by atoms with Crippen LogP contribution in [0.25, 0.3) is 0 Å². The Morgan fingerprint density at radius 3 is 2.77 bits per heavy atom. The Hall–Kier alpha value is -2.21. The van der Waals surface area contributed by atoms with Crippen molar-refractivity contribution < 1.29 is 9.84 Å². The van der Waals surface area contributed by atoms with E-state index < -0.39 is 0 Å². The lowest BCUT2D eigenvalue weighted by Gasteiger charge is -2.22. The lowest BCUT2D eigenvalue weighted by Crippen LogP contribution is -2.27. The highest BCUT2D eigenvalue weighted by Crippen LogP contribution is 2.16. The van der Waals surface area contributed by atoms with Gasteiger partial charge in [0.15, 0.2) is 5.82 Å². The molecule has 2 aromatic rings. The second-order valence-corrected chi connectivity index (χ2v) is 5.43. The Morgan fingerprint density at radius 1 is 1.23 bits per heavy atom. The van der Waals surface area contributed by atoms with E-state index in [4.69, 9.17) is 4.74 Å². The zero-order valence-electron chi connectivity index (χ0n) is 13.0. The topological polar surface area (TPSA) is 71.4 Å². The number of rotatable bonds is 8. The molecule has 0 aromatic carbocycles.